The highest BCUT2D eigenvalue weighted by Gasteiger charge is 2.11. The molecule has 0 radical (unpaired) electrons. The third-order valence-corrected chi connectivity index (χ3v) is 3.28. The predicted octanol–water partition coefficient (Wildman–Crippen LogP) is 3.12. The minimum absolute atomic E-state index is 0.312. The van der Waals surface area contributed by atoms with E-state index in [9.17, 15) is 4.39 Å². The molecule has 4 aromatic rings. The van der Waals surface area contributed by atoms with Gasteiger partial charge in [-0.15, -0.1) is 10.2 Å². The molecule has 0 saturated carbocycles. The number of rotatable bonds is 3. The van der Waals surface area contributed by atoms with E-state index in [2.05, 4.69) is 20.2 Å². The largest absolute Gasteiger partial charge is 0.416 e. The van der Waals surface area contributed by atoms with Crippen molar-refractivity contribution < 1.29 is 8.81 Å². The molecule has 0 amide bonds. The number of nitrogens with zero attached hydrogens (tertiary/aromatic N) is 5. The van der Waals surface area contributed by atoms with Gasteiger partial charge in [0.15, 0.2) is 0 Å². The summed E-state index contributed by atoms with van der Waals surface area (Å²) >= 11 is 0. The Morgan fingerprint density at radius 3 is 2.30 bits per heavy atom. The molecule has 3 heterocycles. The summed E-state index contributed by atoms with van der Waals surface area (Å²) in [6.07, 6.45) is 6.81. The van der Waals surface area contributed by atoms with E-state index in [4.69, 9.17) is 4.42 Å². The van der Waals surface area contributed by atoms with Crippen molar-refractivity contribution in [2.75, 3.05) is 0 Å². The number of aromatic nitrogens is 5. The van der Waals surface area contributed by atoms with Gasteiger partial charge in [0.05, 0.1) is 5.56 Å². The van der Waals surface area contributed by atoms with Crippen LogP contribution in [-0.4, -0.2) is 24.7 Å². The number of benzene rings is 1. The second kappa shape index (κ2) is 5.45. The molecule has 0 aliphatic heterocycles. The van der Waals surface area contributed by atoms with Crippen molar-refractivity contribution in [3.05, 3.63) is 67.1 Å². The van der Waals surface area contributed by atoms with Crippen molar-refractivity contribution in [3.8, 4) is 28.7 Å². The number of imidazole rings is 1. The summed E-state index contributed by atoms with van der Waals surface area (Å²) in [6, 6.07) is 9.55. The zero-order chi connectivity index (χ0) is 15.6. The lowest BCUT2D eigenvalue weighted by molar-refractivity contribution is 0.583. The molecule has 0 unspecified atom stereocenters. The summed E-state index contributed by atoms with van der Waals surface area (Å²) in [7, 11) is 0. The molecule has 0 spiro atoms. The van der Waals surface area contributed by atoms with E-state index < -0.39 is 0 Å². The molecule has 7 heteroatoms. The Morgan fingerprint density at radius 1 is 0.913 bits per heavy atom. The quantitative estimate of drug-likeness (QED) is 0.581. The Morgan fingerprint density at radius 2 is 1.65 bits per heavy atom. The van der Waals surface area contributed by atoms with Gasteiger partial charge < -0.3 is 4.42 Å². The molecule has 112 valence electrons. The fourth-order valence-electron chi connectivity index (χ4n) is 2.11. The zero-order valence-electron chi connectivity index (χ0n) is 11.8. The van der Waals surface area contributed by atoms with Crippen LogP contribution in [0.15, 0.2) is 65.7 Å². The molecule has 0 fully saturated rings. The highest BCUT2D eigenvalue weighted by molar-refractivity contribution is 5.57. The van der Waals surface area contributed by atoms with Crippen molar-refractivity contribution in [3.63, 3.8) is 0 Å². The molecular formula is C16H10FN5O. The van der Waals surface area contributed by atoms with E-state index in [1.807, 2.05) is 12.1 Å². The smallest absolute Gasteiger partial charge is 0.249 e. The molecule has 4 rings (SSSR count). The lowest BCUT2D eigenvalue weighted by Gasteiger charge is -2.00. The fraction of sp³-hybridized carbons (Fsp3) is 0. The second-order valence-electron chi connectivity index (χ2n) is 4.79. The third-order valence-electron chi connectivity index (χ3n) is 3.28. The van der Waals surface area contributed by atoms with Gasteiger partial charge in [-0.25, -0.2) is 14.4 Å². The summed E-state index contributed by atoms with van der Waals surface area (Å²) < 4.78 is 20.4. The molecule has 0 aliphatic carbocycles. The van der Waals surface area contributed by atoms with Crippen molar-refractivity contribution in [2.45, 2.75) is 0 Å². The maximum Gasteiger partial charge on any atom is 0.249 e. The SMILES string of the molecule is Fc1ccc(-c2nnc(-c3ccc(-n4ccnc4)nc3)o2)cc1. The van der Waals surface area contributed by atoms with Crippen LogP contribution in [0, 0.1) is 5.82 Å². The summed E-state index contributed by atoms with van der Waals surface area (Å²) in [6.45, 7) is 0. The van der Waals surface area contributed by atoms with E-state index in [-0.39, 0.29) is 5.82 Å². The molecule has 23 heavy (non-hydrogen) atoms. The first-order valence-electron chi connectivity index (χ1n) is 6.84. The van der Waals surface area contributed by atoms with Gasteiger partial charge in [0, 0.05) is 24.2 Å². The number of halogens is 1. The average molecular weight is 307 g/mol. The summed E-state index contributed by atoms with van der Waals surface area (Å²) in [5, 5.41) is 7.99. The van der Waals surface area contributed by atoms with E-state index >= 15 is 0 Å². The van der Waals surface area contributed by atoms with Crippen LogP contribution in [0.3, 0.4) is 0 Å². The lowest BCUT2D eigenvalue weighted by Crippen LogP contribution is -1.93. The molecule has 0 aliphatic rings. The Labute approximate surface area is 130 Å². The van der Waals surface area contributed by atoms with Gasteiger partial charge in [-0.05, 0) is 36.4 Å². The Kier molecular flexibility index (Phi) is 3.16. The van der Waals surface area contributed by atoms with E-state index in [0.717, 1.165) is 5.82 Å². The Bertz CT molecular complexity index is 914. The minimum atomic E-state index is -0.312. The van der Waals surface area contributed by atoms with Crippen LogP contribution >= 0.6 is 0 Å². The first kappa shape index (κ1) is 13.3. The third kappa shape index (κ3) is 2.59. The summed E-state index contributed by atoms with van der Waals surface area (Å²) in [5.41, 5.74) is 1.36. The molecule has 6 nitrogen and oxygen atoms in total. The topological polar surface area (TPSA) is 69.6 Å². The van der Waals surface area contributed by atoms with Crippen LogP contribution in [0.25, 0.3) is 28.7 Å². The van der Waals surface area contributed by atoms with E-state index in [1.54, 1.807) is 41.6 Å². The maximum absolute atomic E-state index is 12.9. The summed E-state index contributed by atoms with van der Waals surface area (Å²) in [5.74, 6) is 1.12. The molecule has 0 atom stereocenters. The number of hydrogen-bond donors (Lipinski definition) is 0. The molecular weight excluding hydrogens is 297 g/mol. The van der Waals surface area contributed by atoms with Crippen molar-refractivity contribution in [2.24, 2.45) is 0 Å². The van der Waals surface area contributed by atoms with Gasteiger partial charge in [0.1, 0.15) is 18.0 Å². The van der Waals surface area contributed by atoms with Gasteiger partial charge in [-0.1, -0.05) is 0 Å². The number of hydrogen-bond acceptors (Lipinski definition) is 5. The number of pyridine rings is 1. The van der Waals surface area contributed by atoms with Gasteiger partial charge in [-0.3, -0.25) is 4.57 Å². The predicted molar refractivity (Wildman–Crippen MR) is 80.0 cm³/mol. The second-order valence-corrected chi connectivity index (χ2v) is 4.79. The Hall–Kier alpha value is -3.35. The first-order chi connectivity index (χ1) is 11.3. The van der Waals surface area contributed by atoms with Crippen molar-refractivity contribution in [1.82, 2.24) is 24.7 Å². The molecule has 0 bridgehead atoms. The standard InChI is InChI=1S/C16H10FN5O/c17-13-4-1-11(2-5-13)15-20-21-16(23-15)12-3-6-14(19-9-12)22-8-7-18-10-22/h1-10H. The molecule has 0 N–H and O–H groups in total. The monoisotopic (exact) mass is 307 g/mol. The fourth-order valence-corrected chi connectivity index (χ4v) is 2.11. The highest BCUT2D eigenvalue weighted by atomic mass is 19.1. The maximum atomic E-state index is 12.9. The van der Waals surface area contributed by atoms with Crippen molar-refractivity contribution in [1.29, 1.82) is 0 Å². The average Bonchev–Trinajstić information content (AvgIpc) is 3.28. The van der Waals surface area contributed by atoms with Crippen LogP contribution in [0.5, 0.6) is 0 Å². The van der Waals surface area contributed by atoms with Gasteiger partial charge in [0.25, 0.3) is 0 Å². The van der Waals surface area contributed by atoms with Crippen LogP contribution in [0.2, 0.25) is 0 Å². The zero-order valence-corrected chi connectivity index (χ0v) is 11.8. The van der Waals surface area contributed by atoms with Crippen molar-refractivity contribution >= 4 is 0 Å². The van der Waals surface area contributed by atoms with Crippen LogP contribution in [-0.2, 0) is 0 Å². The van der Waals surface area contributed by atoms with E-state index in [1.165, 1.54) is 12.1 Å². The van der Waals surface area contributed by atoms with Crippen LogP contribution in [0.4, 0.5) is 4.39 Å². The van der Waals surface area contributed by atoms with Gasteiger partial charge >= 0.3 is 0 Å². The van der Waals surface area contributed by atoms with Gasteiger partial charge in [0.2, 0.25) is 11.8 Å². The van der Waals surface area contributed by atoms with Crippen LogP contribution < -0.4 is 0 Å². The molecule has 3 aromatic heterocycles. The Balaban J connectivity index is 1.62. The minimum Gasteiger partial charge on any atom is -0.416 e. The summed E-state index contributed by atoms with van der Waals surface area (Å²) in [4.78, 5) is 8.31. The first-order valence-corrected chi connectivity index (χ1v) is 6.84. The van der Waals surface area contributed by atoms with E-state index in [0.29, 0.717) is 22.9 Å². The normalized spacial score (nSPS) is 10.8. The molecule has 0 saturated heterocycles. The highest BCUT2D eigenvalue weighted by Crippen LogP contribution is 2.23. The molecule has 1 aromatic carbocycles. The van der Waals surface area contributed by atoms with Crippen LogP contribution in [0.1, 0.15) is 0 Å². The lowest BCUT2D eigenvalue weighted by atomic mass is 10.2. The van der Waals surface area contributed by atoms with Gasteiger partial charge in [-0.2, -0.15) is 0 Å².